The van der Waals surface area contributed by atoms with Crippen LogP contribution in [0.15, 0.2) is 22.7 Å². The van der Waals surface area contributed by atoms with Crippen LogP contribution in [0.5, 0.6) is 0 Å². The molecule has 2 N–H and O–H groups in total. The monoisotopic (exact) mass is 340 g/mol. The Labute approximate surface area is 130 Å². The van der Waals surface area contributed by atoms with Crippen molar-refractivity contribution in [1.82, 2.24) is 4.90 Å². The first-order valence-corrected chi connectivity index (χ1v) is 8.15. The number of aryl methyl sites for hydroxylation is 1. The van der Waals surface area contributed by atoms with Gasteiger partial charge in [-0.15, -0.1) is 0 Å². The fraction of sp³-hybridized carbons (Fsp3) is 0.625. The molecular weight excluding hydrogens is 316 g/mol. The Hall–Kier alpha value is -0.420. The van der Waals surface area contributed by atoms with E-state index in [0.717, 1.165) is 30.1 Å². The summed E-state index contributed by atoms with van der Waals surface area (Å²) in [6.07, 6.45) is 2.69. The maximum Gasteiger partial charge on any atom is 0.0593 e. The molecule has 0 heterocycles. The van der Waals surface area contributed by atoms with Crippen LogP contribution in [0.3, 0.4) is 0 Å². The summed E-state index contributed by atoms with van der Waals surface area (Å²) < 4.78 is 6.86. The van der Waals surface area contributed by atoms with Gasteiger partial charge in [-0.25, -0.2) is 0 Å². The summed E-state index contributed by atoms with van der Waals surface area (Å²) in [5.41, 5.74) is 8.49. The van der Waals surface area contributed by atoms with Crippen LogP contribution in [0.2, 0.25) is 0 Å². The Bertz CT molecular complexity index is 434. The summed E-state index contributed by atoms with van der Waals surface area (Å²) in [5.74, 6) is 0.833. The second-order valence-electron chi connectivity index (χ2n) is 5.76. The molecule has 0 bridgehead atoms. The Kier molecular flexibility index (Phi) is 6.02. The van der Waals surface area contributed by atoms with Gasteiger partial charge < -0.3 is 10.5 Å². The summed E-state index contributed by atoms with van der Waals surface area (Å²) in [4.78, 5) is 2.29. The summed E-state index contributed by atoms with van der Waals surface area (Å²) >= 11 is 3.54. The van der Waals surface area contributed by atoms with Crippen molar-refractivity contribution in [2.75, 3.05) is 33.4 Å². The number of ether oxygens (including phenoxy) is 1. The molecule has 3 nitrogen and oxygen atoms in total. The van der Waals surface area contributed by atoms with Crippen LogP contribution in [0.4, 0.5) is 0 Å². The van der Waals surface area contributed by atoms with Crippen LogP contribution in [-0.2, 0) is 4.74 Å². The van der Waals surface area contributed by atoms with Gasteiger partial charge in [0.2, 0.25) is 0 Å². The maximum absolute atomic E-state index is 5.96. The van der Waals surface area contributed by atoms with Gasteiger partial charge in [0.1, 0.15) is 0 Å². The van der Waals surface area contributed by atoms with Crippen molar-refractivity contribution in [3.63, 3.8) is 0 Å². The second kappa shape index (κ2) is 7.55. The lowest BCUT2D eigenvalue weighted by atomic mass is 10.0. The third-order valence-corrected chi connectivity index (χ3v) is 4.85. The van der Waals surface area contributed by atoms with Crippen LogP contribution in [-0.4, -0.2) is 38.3 Å². The molecule has 1 aliphatic carbocycles. The molecule has 4 heteroatoms. The fourth-order valence-corrected chi connectivity index (χ4v) is 2.59. The van der Waals surface area contributed by atoms with Crippen molar-refractivity contribution in [2.45, 2.75) is 25.8 Å². The van der Waals surface area contributed by atoms with Gasteiger partial charge in [0.15, 0.2) is 0 Å². The lowest BCUT2D eigenvalue weighted by Crippen LogP contribution is -2.33. The van der Waals surface area contributed by atoms with Gasteiger partial charge in [0.25, 0.3) is 0 Å². The van der Waals surface area contributed by atoms with E-state index in [9.17, 15) is 0 Å². The number of hydrogen-bond donors (Lipinski definition) is 1. The molecule has 0 aromatic heterocycles. The zero-order chi connectivity index (χ0) is 14.5. The number of benzene rings is 1. The molecule has 1 aromatic carbocycles. The molecule has 112 valence electrons. The highest BCUT2D eigenvalue weighted by Gasteiger charge is 2.21. The van der Waals surface area contributed by atoms with E-state index in [0.29, 0.717) is 6.54 Å². The molecular formula is C16H25BrN2O. The minimum absolute atomic E-state index is 0.256. The number of halogens is 1. The smallest absolute Gasteiger partial charge is 0.0593 e. The van der Waals surface area contributed by atoms with E-state index in [1.807, 2.05) is 0 Å². The number of likely N-dealkylation sites (N-methyl/N-ethyl adjacent to an activating group) is 1. The van der Waals surface area contributed by atoms with Crippen LogP contribution in [0, 0.1) is 12.8 Å². The van der Waals surface area contributed by atoms with Gasteiger partial charge in [0.05, 0.1) is 6.61 Å². The molecule has 0 radical (unpaired) electrons. The van der Waals surface area contributed by atoms with Crippen molar-refractivity contribution in [2.24, 2.45) is 11.7 Å². The van der Waals surface area contributed by atoms with Crippen LogP contribution in [0.25, 0.3) is 0 Å². The largest absolute Gasteiger partial charge is 0.380 e. The summed E-state index contributed by atoms with van der Waals surface area (Å²) in [5, 5.41) is 0. The lowest BCUT2D eigenvalue weighted by molar-refractivity contribution is 0.0922. The van der Waals surface area contributed by atoms with E-state index in [1.54, 1.807) is 0 Å². The average Bonchev–Trinajstić information content (AvgIpc) is 3.24. The molecule has 1 aliphatic rings. The number of nitrogens with zero attached hydrogens (tertiary/aromatic N) is 1. The highest BCUT2D eigenvalue weighted by molar-refractivity contribution is 9.10. The zero-order valence-electron chi connectivity index (χ0n) is 12.4. The van der Waals surface area contributed by atoms with E-state index in [1.165, 1.54) is 24.0 Å². The van der Waals surface area contributed by atoms with E-state index in [-0.39, 0.29) is 6.04 Å². The zero-order valence-corrected chi connectivity index (χ0v) is 14.0. The fourth-order valence-electron chi connectivity index (χ4n) is 2.34. The molecule has 1 unspecified atom stereocenters. The first-order valence-electron chi connectivity index (χ1n) is 7.36. The van der Waals surface area contributed by atoms with Crippen molar-refractivity contribution >= 4 is 15.9 Å². The molecule has 0 spiro atoms. The minimum Gasteiger partial charge on any atom is -0.380 e. The van der Waals surface area contributed by atoms with Crippen LogP contribution < -0.4 is 5.73 Å². The van der Waals surface area contributed by atoms with Crippen LogP contribution in [0.1, 0.15) is 30.0 Å². The predicted octanol–water partition coefficient (Wildman–Crippen LogP) is 3.12. The molecule has 2 rings (SSSR count). The Morgan fingerprint density at radius 1 is 1.45 bits per heavy atom. The van der Waals surface area contributed by atoms with Crippen LogP contribution >= 0.6 is 15.9 Å². The molecule has 1 saturated carbocycles. The van der Waals surface area contributed by atoms with Gasteiger partial charge in [-0.1, -0.05) is 28.1 Å². The minimum atomic E-state index is 0.256. The predicted molar refractivity (Wildman–Crippen MR) is 86.8 cm³/mol. The topological polar surface area (TPSA) is 38.5 Å². The van der Waals surface area contributed by atoms with Crippen molar-refractivity contribution in [3.05, 3.63) is 33.8 Å². The number of rotatable bonds is 8. The third kappa shape index (κ3) is 4.55. The molecule has 20 heavy (non-hydrogen) atoms. The second-order valence-corrected chi connectivity index (χ2v) is 6.61. The van der Waals surface area contributed by atoms with Crippen molar-refractivity contribution in [3.8, 4) is 0 Å². The summed E-state index contributed by atoms with van der Waals surface area (Å²) in [7, 11) is 2.12. The first-order chi connectivity index (χ1) is 9.61. The molecule has 1 aromatic rings. The summed E-state index contributed by atoms with van der Waals surface area (Å²) in [6, 6.07) is 6.72. The van der Waals surface area contributed by atoms with Gasteiger partial charge in [-0.3, -0.25) is 4.90 Å². The number of nitrogens with two attached hydrogens (primary N) is 1. The van der Waals surface area contributed by atoms with Crippen molar-refractivity contribution < 1.29 is 4.74 Å². The van der Waals surface area contributed by atoms with E-state index < -0.39 is 0 Å². The Morgan fingerprint density at radius 2 is 2.20 bits per heavy atom. The molecule has 0 amide bonds. The van der Waals surface area contributed by atoms with Crippen molar-refractivity contribution in [1.29, 1.82) is 0 Å². The van der Waals surface area contributed by atoms with E-state index in [2.05, 4.69) is 53.0 Å². The van der Waals surface area contributed by atoms with E-state index >= 15 is 0 Å². The summed E-state index contributed by atoms with van der Waals surface area (Å²) in [6.45, 7) is 5.38. The normalized spacial score (nSPS) is 16.6. The standard InChI is InChI=1S/C16H25BrN2O/c1-12-9-14(5-6-15(12)17)16(10-18)19(2)7-8-20-11-13-3-4-13/h5-6,9,13,16H,3-4,7-8,10-11,18H2,1-2H3. The Balaban J connectivity index is 1.86. The van der Waals surface area contributed by atoms with E-state index in [4.69, 9.17) is 10.5 Å². The third-order valence-electron chi connectivity index (χ3n) is 3.96. The van der Waals surface area contributed by atoms with Gasteiger partial charge in [-0.05, 0) is 49.9 Å². The average molecular weight is 341 g/mol. The Morgan fingerprint density at radius 3 is 2.80 bits per heavy atom. The maximum atomic E-state index is 5.96. The molecule has 1 atom stereocenters. The number of hydrogen-bond acceptors (Lipinski definition) is 3. The SMILES string of the molecule is Cc1cc(C(CN)N(C)CCOCC2CC2)ccc1Br. The van der Waals surface area contributed by atoms with Gasteiger partial charge >= 0.3 is 0 Å². The molecule has 0 saturated heterocycles. The molecule has 1 fully saturated rings. The highest BCUT2D eigenvalue weighted by Crippen LogP contribution is 2.28. The first kappa shape index (κ1) is 16.0. The van der Waals surface area contributed by atoms with Gasteiger partial charge in [-0.2, -0.15) is 0 Å². The quantitative estimate of drug-likeness (QED) is 0.739. The lowest BCUT2D eigenvalue weighted by Gasteiger charge is -2.27. The highest BCUT2D eigenvalue weighted by atomic mass is 79.9. The van der Waals surface area contributed by atoms with Gasteiger partial charge in [0, 0.05) is 30.2 Å². The molecule has 0 aliphatic heterocycles.